The number of ether oxygens (including phenoxy) is 2. The highest BCUT2D eigenvalue weighted by Gasteiger charge is 2.29. The van der Waals surface area contributed by atoms with Crippen LogP contribution in [0, 0.1) is 17.7 Å². The van der Waals surface area contributed by atoms with Gasteiger partial charge in [-0.2, -0.15) is 0 Å². The first kappa shape index (κ1) is 32.0. The molecule has 0 aromatic heterocycles. The van der Waals surface area contributed by atoms with Crippen LogP contribution in [0.25, 0.3) is 6.08 Å². The van der Waals surface area contributed by atoms with Crippen LogP contribution in [-0.2, 0) is 14.3 Å². The Morgan fingerprint density at radius 3 is 2.45 bits per heavy atom. The minimum atomic E-state index is -0.876. The lowest BCUT2D eigenvalue weighted by molar-refractivity contribution is -0.151. The fourth-order valence-electron chi connectivity index (χ4n) is 5.81. The Labute approximate surface area is 248 Å². The number of likely N-dealkylation sites (N-methyl/N-ethyl adjacent to an activating group) is 1. The number of piperazine rings is 1. The molecule has 9 nitrogen and oxygen atoms in total. The van der Waals surface area contributed by atoms with Gasteiger partial charge in [0, 0.05) is 50.9 Å². The van der Waals surface area contributed by atoms with Gasteiger partial charge in [0.15, 0.2) is 0 Å². The fourth-order valence-corrected chi connectivity index (χ4v) is 5.81. The number of anilines is 1. The lowest BCUT2D eigenvalue weighted by Gasteiger charge is -2.33. The van der Waals surface area contributed by atoms with Crippen molar-refractivity contribution in [3.63, 3.8) is 0 Å². The summed E-state index contributed by atoms with van der Waals surface area (Å²) in [5, 5.41) is 20.5. The number of nitrogens with zero attached hydrogens (tertiary/aromatic N) is 3. The number of hydrogen-bond acceptors (Lipinski definition) is 8. The van der Waals surface area contributed by atoms with E-state index >= 15 is 0 Å². The number of carbonyl (C=O) groups excluding carboxylic acids is 2. The van der Waals surface area contributed by atoms with Gasteiger partial charge < -0.3 is 34.4 Å². The lowest BCUT2D eigenvalue weighted by Crippen LogP contribution is -2.48. The lowest BCUT2D eigenvalue weighted by atomic mass is 9.91. The van der Waals surface area contributed by atoms with Gasteiger partial charge in [0.05, 0.1) is 18.6 Å². The van der Waals surface area contributed by atoms with E-state index in [1.165, 1.54) is 12.1 Å². The Kier molecular flexibility index (Phi) is 11.0. The predicted octanol–water partition coefficient (Wildman–Crippen LogP) is 3.84. The zero-order chi connectivity index (χ0) is 30.4. The first-order valence-corrected chi connectivity index (χ1v) is 15.1. The molecule has 1 aromatic rings. The predicted molar refractivity (Wildman–Crippen MR) is 159 cm³/mol. The number of aliphatic hydroxyl groups excluding tert-OH is 2. The Bertz CT molecular complexity index is 1150. The van der Waals surface area contributed by atoms with Crippen LogP contribution in [0.15, 0.2) is 35.9 Å². The summed E-state index contributed by atoms with van der Waals surface area (Å²) in [5.41, 5.74) is 2.02. The van der Waals surface area contributed by atoms with Crippen molar-refractivity contribution in [3.05, 3.63) is 47.3 Å². The van der Waals surface area contributed by atoms with Gasteiger partial charge >= 0.3 is 12.1 Å². The van der Waals surface area contributed by atoms with E-state index < -0.39 is 36.2 Å². The molecule has 1 unspecified atom stereocenters. The largest absolute Gasteiger partial charge is 0.457 e. The molecule has 42 heavy (non-hydrogen) atoms. The second-order valence-corrected chi connectivity index (χ2v) is 12.2. The topological polar surface area (TPSA) is 103 Å². The van der Waals surface area contributed by atoms with E-state index in [2.05, 4.69) is 4.90 Å². The van der Waals surface area contributed by atoms with E-state index in [0.29, 0.717) is 62.3 Å². The summed E-state index contributed by atoms with van der Waals surface area (Å²) < 4.78 is 26.5. The summed E-state index contributed by atoms with van der Waals surface area (Å²) in [7, 11) is 2.03. The summed E-state index contributed by atoms with van der Waals surface area (Å²) in [4.78, 5) is 31.7. The maximum atomic E-state index is 14.6. The maximum Gasteiger partial charge on any atom is 0.410 e. The van der Waals surface area contributed by atoms with Gasteiger partial charge in [0.2, 0.25) is 0 Å². The first-order valence-electron chi connectivity index (χ1n) is 15.1. The number of esters is 1. The molecular formula is C32H46FN3O6. The van der Waals surface area contributed by atoms with E-state index in [9.17, 15) is 24.2 Å². The molecule has 4 rings (SSSR count). The first-order chi connectivity index (χ1) is 20.0. The Hall–Kier alpha value is -2.95. The molecule has 232 valence electrons. The third-order valence-corrected chi connectivity index (χ3v) is 8.53. The van der Waals surface area contributed by atoms with Gasteiger partial charge in [-0.25, -0.2) is 9.18 Å². The number of hydrogen-bond donors (Lipinski definition) is 2. The monoisotopic (exact) mass is 587 g/mol. The summed E-state index contributed by atoms with van der Waals surface area (Å²) in [6.07, 6.45) is 4.19. The Balaban J connectivity index is 1.56. The van der Waals surface area contributed by atoms with Crippen molar-refractivity contribution in [2.75, 3.05) is 51.2 Å². The van der Waals surface area contributed by atoms with Crippen LogP contribution in [-0.4, -0.2) is 103 Å². The molecule has 0 radical (unpaired) electrons. The highest BCUT2D eigenvalue weighted by molar-refractivity contribution is 5.71. The fraction of sp³-hybridized carbons (Fsp3) is 0.625. The average molecular weight is 588 g/mol. The second kappa shape index (κ2) is 14.5. The molecule has 1 aromatic carbocycles. The average Bonchev–Trinajstić information content (AvgIpc) is 3.38. The molecule has 2 N–H and O–H groups in total. The van der Waals surface area contributed by atoms with Crippen LogP contribution in [0.5, 0.6) is 0 Å². The number of rotatable bonds is 4. The standard InChI is InChI=1S/C32H46FN3O6/c1-21-5-7-27(37)19-30(39)42-31(22(2)6-8-29(21)41-32(40)35-13-11-34(4)12-14-35)23(3)15-24-16-25(33)18-26(17-24)36-10-9-28(38)20-36/h6,8,15-18,21-22,27-29,31,37-38H,5,7,9-14,19-20H2,1-4H3/b8-6+,23-15+/t21-,22-,27+,28+,29?,31-/m0/s1. The molecule has 3 aliphatic rings. The van der Waals surface area contributed by atoms with Gasteiger partial charge in [-0.3, -0.25) is 4.79 Å². The highest BCUT2D eigenvalue weighted by Crippen LogP contribution is 2.28. The SMILES string of the molecule is C/C(=C\c1cc(F)cc(N2CC[C@@H](O)C2)c1)[C@H]1OC(=O)C[C@H](O)CC[C@H](C)C(OC(=O)N2CCN(C)CC2)/C=C/[C@@H]1C. The van der Waals surface area contributed by atoms with Gasteiger partial charge in [0.25, 0.3) is 0 Å². The molecule has 0 aliphatic carbocycles. The van der Waals surface area contributed by atoms with Crippen LogP contribution in [0.3, 0.4) is 0 Å². The van der Waals surface area contributed by atoms with Crippen LogP contribution >= 0.6 is 0 Å². The highest BCUT2D eigenvalue weighted by atomic mass is 19.1. The molecule has 2 saturated heterocycles. The van der Waals surface area contributed by atoms with Gasteiger partial charge in [-0.1, -0.05) is 26.0 Å². The molecule has 3 heterocycles. The molecular weight excluding hydrogens is 541 g/mol. The molecule has 2 fully saturated rings. The van der Waals surface area contributed by atoms with Gasteiger partial charge in [0.1, 0.15) is 18.0 Å². The van der Waals surface area contributed by atoms with Crippen LogP contribution in [0.4, 0.5) is 14.9 Å². The molecule has 0 bridgehead atoms. The number of amides is 1. The minimum absolute atomic E-state index is 0.0696. The van der Waals surface area contributed by atoms with Crippen molar-refractivity contribution >= 4 is 23.8 Å². The van der Waals surface area contributed by atoms with E-state index in [1.807, 2.05) is 50.9 Å². The number of benzene rings is 1. The van der Waals surface area contributed by atoms with Gasteiger partial charge in [-0.15, -0.1) is 0 Å². The third kappa shape index (κ3) is 8.78. The van der Waals surface area contributed by atoms with E-state index in [-0.39, 0.29) is 24.3 Å². The number of aliphatic hydroxyl groups is 2. The second-order valence-electron chi connectivity index (χ2n) is 12.2. The van der Waals surface area contributed by atoms with Crippen LogP contribution in [0.2, 0.25) is 0 Å². The van der Waals surface area contributed by atoms with Crippen molar-refractivity contribution < 1.29 is 33.7 Å². The van der Waals surface area contributed by atoms with E-state index in [0.717, 1.165) is 13.1 Å². The van der Waals surface area contributed by atoms with Crippen molar-refractivity contribution in [1.82, 2.24) is 9.80 Å². The van der Waals surface area contributed by atoms with Crippen molar-refractivity contribution in [2.45, 2.75) is 70.9 Å². The third-order valence-electron chi connectivity index (χ3n) is 8.53. The molecule has 10 heteroatoms. The summed E-state index contributed by atoms with van der Waals surface area (Å²) in [6.45, 7) is 9.64. The molecule has 0 spiro atoms. The Morgan fingerprint density at radius 1 is 1.02 bits per heavy atom. The smallest absolute Gasteiger partial charge is 0.410 e. The number of halogens is 1. The van der Waals surface area contributed by atoms with E-state index in [1.54, 1.807) is 11.0 Å². The van der Waals surface area contributed by atoms with Crippen molar-refractivity contribution in [1.29, 1.82) is 0 Å². The summed E-state index contributed by atoms with van der Waals surface area (Å²) in [5.74, 6) is -1.25. The Morgan fingerprint density at radius 2 is 1.76 bits per heavy atom. The summed E-state index contributed by atoms with van der Waals surface area (Å²) >= 11 is 0. The number of carbonyl (C=O) groups is 2. The zero-order valence-electron chi connectivity index (χ0n) is 25.2. The molecule has 3 aliphatic heterocycles. The van der Waals surface area contributed by atoms with Crippen LogP contribution in [0.1, 0.15) is 52.0 Å². The zero-order valence-corrected chi connectivity index (χ0v) is 25.2. The normalized spacial score (nSPS) is 31.2. The van der Waals surface area contributed by atoms with Crippen LogP contribution < -0.4 is 4.90 Å². The number of β-amino-alcohol motifs (C(OH)–C–C–N with tert-alkyl or cyclic N) is 1. The molecule has 6 atom stereocenters. The van der Waals surface area contributed by atoms with Crippen molar-refractivity contribution in [2.24, 2.45) is 11.8 Å². The van der Waals surface area contributed by atoms with E-state index in [4.69, 9.17) is 9.47 Å². The van der Waals surface area contributed by atoms with Crippen molar-refractivity contribution in [3.8, 4) is 0 Å². The maximum absolute atomic E-state index is 14.6. The number of cyclic esters (lactones) is 1. The quantitative estimate of drug-likeness (QED) is 0.405. The summed E-state index contributed by atoms with van der Waals surface area (Å²) in [6, 6.07) is 4.75. The van der Waals surface area contributed by atoms with Gasteiger partial charge in [-0.05, 0) is 74.6 Å². The molecule has 1 amide bonds. The molecule has 0 saturated carbocycles. The minimum Gasteiger partial charge on any atom is -0.457 e.